The standard InChI is InChI=1S/C21H24FN2O8P/c1-13-11-24(21(27)23-19(13)25)15-12-31-16(9-10-33(28,29-2)30-3)18(17(15)22)32-20(26)14-7-5-4-6-8-14/h4-11,15-18H,12H2,1-3H3,(H,23,25,27)/b10-9+/t15?,16?,17-,18+/m0/s1. The summed E-state index contributed by atoms with van der Waals surface area (Å²) in [5, 5.41) is 0. The number of carbonyl (C=O) groups excluding carboxylic acids is 1. The van der Waals surface area contributed by atoms with E-state index in [1.807, 2.05) is 0 Å². The van der Waals surface area contributed by atoms with Crippen LogP contribution in [-0.2, 0) is 23.1 Å². The molecule has 1 aliphatic rings. The molecule has 1 aromatic carbocycles. The molecular formula is C21H24FN2O8P. The first-order chi connectivity index (χ1) is 15.7. The lowest BCUT2D eigenvalue weighted by atomic mass is 9.98. The smallest absolute Gasteiger partial charge is 0.353 e. The summed E-state index contributed by atoms with van der Waals surface area (Å²) in [6, 6.07) is 6.76. The molecule has 0 radical (unpaired) electrons. The van der Waals surface area contributed by atoms with Gasteiger partial charge in [-0.25, -0.2) is 14.0 Å². The van der Waals surface area contributed by atoms with Gasteiger partial charge in [-0.2, -0.15) is 0 Å². The molecule has 0 aliphatic carbocycles. The minimum atomic E-state index is -3.60. The number of carbonyl (C=O) groups is 1. The van der Waals surface area contributed by atoms with Crippen molar-refractivity contribution < 1.29 is 32.3 Å². The molecular weight excluding hydrogens is 458 g/mol. The van der Waals surface area contributed by atoms with Crippen LogP contribution in [0.15, 0.2) is 58.0 Å². The quantitative estimate of drug-likeness (QED) is 0.471. The summed E-state index contributed by atoms with van der Waals surface area (Å²) in [4.78, 5) is 38.7. The fraction of sp³-hybridized carbons (Fsp3) is 0.381. The highest BCUT2D eigenvalue weighted by Gasteiger charge is 2.44. The molecule has 1 N–H and O–H groups in total. The van der Waals surface area contributed by atoms with Crippen LogP contribution in [0.25, 0.3) is 0 Å². The van der Waals surface area contributed by atoms with Gasteiger partial charge >= 0.3 is 19.3 Å². The molecule has 2 unspecified atom stereocenters. The Labute approximate surface area is 188 Å². The van der Waals surface area contributed by atoms with Gasteiger partial charge in [-0.05, 0) is 25.1 Å². The number of H-pyrrole nitrogens is 1. The van der Waals surface area contributed by atoms with Crippen molar-refractivity contribution in [3.8, 4) is 0 Å². The van der Waals surface area contributed by atoms with Gasteiger partial charge in [0.1, 0.15) is 6.10 Å². The third-order valence-electron chi connectivity index (χ3n) is 5.19. The molecule has 3 rings (SSSR count). The van der Waals surface area contributed by atoms with Crippen LogP contribution in [0.5, 0.6) is 0 Å². The van der Waals surface area contributed by atoms with E-state index >= 15 is 4.39 Å². The van der Waals surface area contributed by atoms with Gasteiger partial charge < -0.3 is 18.5 Å². The van der Waals surface area contributed by atoms with Gasteiger partial charge in [0.25, 0.3) is 5.56 Å². The van der Waals surface area contributed by atoms with Crippen LogP contribution in [0.2, 0.25) is 0 Å². The second-order valence-electron chi connectivity index (χ2n) is 7.27. The van der Waals surface area contributed by atoms with Gasteiger partial charge in [-0.1, -0.05) is 18.2 Å². The van der Waals surface area contributed by atoms with Crippen molar-refractivity contribution in [1.82, 2.24) is 9.55 Å². The van der Waals surface area contributed by atoms with Crippen molar-refractivity contribution in [1.29, 1.82) is 0 Å². The zero-order chi connectivity index (χ0) is 24.2. The number of aromatic amines is 1. The minimum absolute atomic E-state index is 0.186. The second-order valence-corrected chi connectivity index (χ2v) is 9.38. The highest BCUT2D eigenvalue weighted by atomic mass is 31.2. The van der Waals surface area contributed by atoms with E-state index in [-0.39, 0.29) is 17.7 Å². The third-order valence-corrected chi connectivity index (χ3v) is 6.74. The molecule has 33 heavy (non-hydrogen) atoms. The van der Waals surface area contributed by atoms with Crippen molar-refractivity contribution in [2.24, 2.45) is 0 Å². The number of nitrogens with zero attached hydrogens (tertiary/aromatic N) is 1. The molecule has 12 heteroatoms. The van der Waals surface area contributed by atoms with E-state index in [1.54, 1.807) is 18.2 Å². The molecule has 2 aromatic rings. The normalized spacial score (nSPS) is 23.5. The topological polar surface area (TPSA) is 126 Å². The predicted octanol–water partition coefficient (Wildman–Crippen LogP) is 2.35. The molecule has 1 aromatic heterocycles. The highest BCUT2D eigenvalue weighted by molar-refractivity contribution is 7.57. The predicted molar refractivity (Wildman–Crippen MR) is 116 cm³/mol. The molecule has 0 amide bonds. The fourth-order valence-electron chi connectivity index (χ4n) is 3.31. The van der Waals surface area contributed by atoms with Crippen molar-refractivity contribution in [3.63, 3.8) is 0 Å². The first kappa shape index (κ1) is 24.8. The number of aryl methyl sites for hydroxylation is 1. The Morgan fingerprint density at radius 3 is 2.55 bits per heavy atom. The van der Waals surface area contributed by atoms with Gasteiger partial charge in [-0.3, -0.25) is 18.9 Å². The molecule has 10 nitrogen and oxygen atoms in total. The molecule has 0 spiro atoms. The van der Waals surface area contributed by atoms with Crippen LogP contribution >= 0.6 is 7.60 Å². The summed E-state index contributed by atoms with van der Waals surface area (Å²) in [5.41, 5.74) is -1.03. The van der Waals surface area contributed by atoms with Crippen LogP contribution in [0.3, 0.4) is 0 Å². The SMILES string of the molecule is COP(=O)(/C=C/C1OCC(n2cc(C)c(=O)[nH]c2=O)[C@H](F)[C@@H]1OC(=O)c1ccccc1)OC. The summed E-state index contributed by atoms with van der Waals surface area (Å²) in [7, 11) is -1.23. The van der Waals surface area contributed by atoms with Gasteiger partial charge in [0.15, 0.2) is 12.3 Å². The summed E-state index contributed by atoms with van der Waals surface area (Å²) in [6.07, 6.45) is -2.11. The molecule has 2 heterocycles. The maximum absolute atomic E-state index is 15.7. The average molecular weight is 482 g/mol. The maximum atomic E-state index is 15.7. The Kier molecular flexibility index (Phi) is 7.80. The lowest BCUT2D eigenvalue weighted by Crippen LogP contribution is -2.52. The summed E-state index contributed by atoms with van der Waals surface area (Å²) in [6.45, 7) is 1.18. The van der Waals surface area contributed by atoms with E-state index in [9.17, 15) is 18.9 Å². The molecule has 1 fully saturated rings. The molecule has 0 bridgehead atoms. The average Bonchev–Trinajstić information content (AvgIpc) is 2.82. The lowest BCUT2D eigenvalue weighted by Gasteiger charge is -2.38. The van der Waals surface area contributed by atoms with Gasteiger partial charge in [0, 0.05) is 31.8 Å². The number of hydrogen-bond acceptors (Lipinski definition) is 8. The van der Waals surface area contributed by atoms with Crippen LogP contribution in [0.1, 0.15) is 22.0 Å². The van der Waals surface area contributed by atoms with E-state index in [0.29, 0.717) is 0 Å². The van der Waals surface area contributed by atoms with E-state index in [4.69, 9.17) is 18.5 Å². The highest BCUT2D eigenvalue weighted by Crippen LogP contribution is 2.48. The number of benzene rings is 1. The monoisotopic (exact) mass is 482 g/mol. The number of nitrogens with one attached hydrogen (secondary N) is 1. The third kappa shape index (κ3) is 5.56. The summed E-state index contributed by atoms with van der Waals surface area (Å²) >= 11 is 0. The van der Waals surface area contributed by atoms with Crippen LogP contribution in [0.4, 0.5) is 4.39 Å². The van der Waals surface area contributed by atoms with Crippen molar-refractivity contribution in [3.05, 3.63) is 80.4 Å². The second kappa shape index (κ2) is 10.4. The number of esters is 1. The van der Waals surface area contributed by atoms with Gasteiger partial charge in [-0.15, -0.1) is 0 Å². The maximum Gasteiger partial charge on any atom is 0.353 e. The number of hydrogen-bond donors (Lipinski definition) is 1. The van der Waals surface area contributed by atoms with Crippen LogP contribution in [0, 0.1) is 6.92 Å². The zero-order valence-corrected chi connectivity index (χ0v) is 19.1. The van der Waals surface area contributed by atoms with Crippen LogP contribution < -0.4 is 11.2 Å². The van der Waals surface area contributed by atoms with E-state index in [0.717, 1.165) is 10.4 Å². The first-order valence-electron chi connectivity index (χ1n) is 9.93. The Balaban J connectivity index is 1.95. The van der Waals surface area contributed by atoms with Crippen LogP contribution in [-0.4, -0.2) is 54.7 Å². The minimum Gasteiger partial charge on any atom is -0.452 e. The Bertz CT molecular complexity index is 1170. The van der Waals surface area contributed by atoms with Crippen molar-refractivity contribution in [2.45, 2.75) is 31.3 Å². The number of halogens is 1. The van der Waals surface area contributed by atoms with Crippen molar-refractivity contribution >= 4 is 13.6 Å². The zero-order valence-electron chi connectivity index (χ0n) is 18.2. The molecule has 178 valence electrons. The summed E-state index contributed by atoms with van der Waals surface area (Å²) < 4.78 is 49.9. The Morgan fingerprint density at radius 2 is 1.91 bits per heavy atom. The van der Waals surface area contributed by atoms with E-state index in [2.05, 4.69) is 4.98 Å². The number of ether oxygens (including phenoxy) is 2. The number of rotatable bonds is 7. The largest absolute Gasteiger partial charge is 0.452 e. The fourth-order valence-corrected chi connectivity index (χ4v) is 4.09. The van der Waals surface area contributed by atoms with E-state index < -0.39 is 49.2 Å². The summed E-state index contributed by atoms with van der Waals surface area (Å²) in [5.74, 6) is 0.280. The first-order valence-corrected chi connectivity index (χ1v) is 11.5. The molecule has 1 aliphatic heterocycles. The molecule has 1 saturated heterocycles. The van der Waals surface area contributed by atoms with Gasteiger partial charge in [0.05, 0.1) is 18.2 Å². The number of alkyl halides is 1. The Morgan fingerprint density at radius 1 is 1.24 bits per heavy atom. The molecule has 4 atom stereocenters. The Hall–Kier alpha value is -2.85. The number of aromatic nitrogens is 2. The van der Waals surface area contributed by atoms with Crippen molar-refractivity contribution in [2.75, 3.05) is 20.8 Å². The van der Waals surface area contributed by atoms with Gasteiger partial charge in [0.2, 0.25) is 0 Å². The molecule has 0 saturated carbocycles. The lowest BCUT2D eigenvalue weighted by molar-refractivity contribution is -0.123. The van der Waals surface area contributed by atoms with E-state index in [1.165, 1.54) is 45.5 Å².